The summed E-state index contributed by atoms with van der Waals surface area (Å²) in [6.07, 6.45) is 10.3. The minimum atomic E-state index is 0.351. The standard InChI is InChI=1S/C31H30N6/c1-2-3-16-32-20-30-35-26-15-14-25(18-28(26)36-30)23-8-6-21(7-9-23)22-10-12-24(13-11-22)29-19-34-31(37-29)27-5-4-17-33-27/h1,6-15,18-19,27,32-33H,3-5,16-17,20H2,(H,34,37)(H,35,36). The topological polar surface area (TPSA) is 81.4 Å². The van der Waals surface area contributed by atoms with E-state index in [9.17, 15) is 0 Å². The van der Waals surface area contributed by atoms with Crippen LogP contribution in [0, 0.1) is 12.3 Å². The molecule has 2 aromatic heterocycles. The Hall–Kier alpha value is -4.18. The highest BCUT2D eigenvalue weighted by Gasteiger charge is 2.19. The van der Waals surface area contributed by atoms with Gasteiger partial charge in [-0.3, -0.25) is 0 Å². The van der Waals surface area contributed by atoms with Crippen molar-refractivity contribution in [3.05, 3.63) is 84.6 Å². The highest BCUT2D eigenvalue weighted by atomic mass is 15.0. The van der Waals surface area contributed by atoms with Gasteiger partial charge in [-0.25, -0.2) is 9.97 Å². The summed E-state index contributed by atoms with van der Waals surface area (Å²) in [5.74, 6) is 4.60. The predicted octanol–water partition coefficient (Wildman–Crippen LogP) is 5.82. The van der Waals surface area contributed by atoms with E-state index in [-0.39, 0.29) is 0 Å². The van der Waals surface area contributed by atoms with E-state index in [0.717, 1.165) is 59.0 Å². The van der Waals surface area contributed by atoms with Crippen LogP contribution in [0.15, 0.2) is 72.9 Å². The van der Waals surface area contributed by atoms with Gasteiger partial charge in [-0.1, -0.05) is 54.6 Å². The van der Waals surface area contributed by atoms with Crippen molar-refractivity contribution in [1.82, 2.24) is 30.6 Å². The smallest absolute Gasteiger partial charge is 0.123 e. The summed E-state index contributed by atoms with van der Waals surface area (Å²) in [5, 5.41) is 6.81. The maximum absolute atomic E-state index is 5.31. The van der Waals surface area contributed by atoms with Crippen LogP contribution in [0.5, 0.6) is 0 Å². The van der Waals surface area contributed by atoms with E-state index in [1.54, 1.807) is 0 Å². The van der Waals surface area contributed by atoms with Crippen molar-refractivity contribution < 1.29 is 0 Å². The van der Waals surface area contributed by atoms with E-state index in [4.69, 9.17) is 6.42 Å². The molecule has 1 atom stereocenters. The number of rotatable bonds is 8. The van der Waals surface area contributed by atoms with Crippen molar-refractivity contribution in [3.8, 4) is 45.9 Å². The molecular weight excluding hydrogens is 456 g/mol. The number of nitrogens with zero attached hydrogens (tertiary/aromatic N) is 2. The average molecular weight is 487 g/mol. The van der Waals surface area contributed by atoms with Crippen LogP contribution in [-0.2, 0) is 6.54 Å². The first-order valence-electron chi connectivity index (χ1n) is 12.9. The van der Waals surface area contributed by atoms with Gasteiger partial charge in [0, 0.05) is 13.0 Å². The fraction of sp³-hybridized carbons (Fsp3) is 0.226. The molecule has 1 saturated heterocycles. The van der Waals surface area contributed by atoms with Gasteiger partial charge < -0.3 is 20.6 Å². The maximum Gasteiger partial charge on any atom is 0.123 e. The largest absolute Gasteiger partial charge is 0.341 e. The lowest BCUT2D eigenvalue weighted by Crippen LogP contribution is -2.14. The van der Waals surface area contributed by atoms with Gasteiger partial charge >= 0.3 is 0 Å². The molecular formula is C31H30N6. The second-order valence-electron chi connectivity index (χ2n) is 9.53. The molecule has 1 unspecified atom stereocenters. The van der Waals surface area contributed by atoms with Gasteiger partial charge in [0.1, 0.15) is 11.6 Å². The van der Waals surface area contributed by atoms with Gasteiger partial charge in [0.2, 0.25) is 0 Å². The number of terminal acetylenes is 1. The van der Waals surface area contributed by atoms with E-state index in [1.807, 2.05) is 6.20 Å². The molecule has 3 aromatic carbocycles. The summed E-state index contributed by atoms with van der Waals surface area (Å²) >= 11 is 0. The third kappa shape index (κ3) is 5.05. The van der Waals surface area contributed by atoms with E-state index in [2.05, 4.69) is 103 Å². The Morgan fingerprint density at radius 3 is 2.30 bits per heavy atom. The molecule has 184 valence electrons. The SMILES string of the molecule is C#CCCNCc1nc2ccc(-c3ccc(-c4ccc(-c5cnc(C6CCCN6)[nH]5)cc4)cc3)cc2[nH]1. The van der Waals surface area contributed by atoms with Crippen LogP contribution in [0.1, 0.15) is 37.0 Å². The Balaban J connectivity index is 1.15. The van der Waals surface area contributed by atoms with E-state index >= 15 is 0 Å². The molecule has 0 spiro atoms. The molecule has 5 aromatic rings. The Bertz CT molecular complexity index is 1530. The van der Waals surface area contributed by atoms with Gasteiger partial charge in [-0.15, -0.1) is 12.3 Å². The summed E-state index contributed by atoms with van der Waals surface area (Å²) < 4.78 is 0. The van der Waals surface area contributed by atoms with Gasteiger partial charge in [0.15, 0.2) is 0 Å². The Morgan fingerprint density at radius 2 is 1.59 bits per heavy atom. The van der Waals surface area contributed by atoms with E-state index in [0.29, 0.717) is 19.0 Å². The first kappa shape index (κ1) is 23.2. The minimum Gasteiger partial charge on any atom is -0.341 e. The molecule has 3 heterocycles. The molecule has 1 fully saturated rings. The number of hydrogen-bond acceptors (Lipinski definition) is 4. The van der Waals surface area contributed by atoms with E-state index in [1.165, 1.54) is 23.1 Å². The zero-order valence-electron chi connectivity index (χ0n) is 20.7. The lowest BCUT2D eigenvalue weighted by molar-refractivity contribution is 0.613. The number of benzene rings is 3. The Kier molecular flexibility index (Phi) is 6.55. The summed E-state index contributed by atoms with van der Waals surface area (Å²) in [6, 6.07) is 24.1. The number of aromatic nitrogens is 4. The number of fused-ring (bicyclic) bond motifs is 1. The second-order valence-corrected chi connectivity index (χ2v) is 9.53. The normalized spacial score (nSPS) is 15.3. The molecule has 1 aliphatic heterocycles. The van der Waals surface area contributed by atoms with Gasteiger partial charge in [-0.2, -0.15) is 0 Å². The number of aromatic amines is 2. The zero-order valence-corrected chi connectivity index (χ0v) is 20.7. The lowest BCUT2D eigenvalue weighted by Gasteiger charge is -2.07. The van der Waals surface area contributed by atoms with Crippen LogP contribution in [0.4, 0.5) is 0 Å². The van der Waals surface area contributed by atoms with Crippen molar-refractivity contribution in [2.45, 2.75) is 31.8 Å². The molecule has 4 N–H and O–H groups in total. The Labute approximate surface area is 217 Å². The third-order valence-corrected chi connectivity index (χ3v) is 7.00. The molecule has 0 bridgehead atoms. The van der Waals surface area contributed by atoms with Gasteiger partial charge in [-0.05, 0) is 59.3 Å². The number of hydrogen-bond donors (Lipinski definition) is 4. The fourth-order valence-electron chi connectivity index (χ4n) is 4.97. The monoisotopic (exact) mass is 486 g/mol. The van der Waals surface area contributed by atoms with Gasteiger partial charge in [0.05, 0.1) is 35.5 Å². The molecule has 37 heavy (non-hydrogen) atoms. The van der Waals surface area contributed by atoms with Crippen LogP contribution >= 0.6 is 0 Å². The van der Waals surface area contributed by atoms with Gasteiger partial charge in [0.25, 0.3) is 0 Å². The molecule has 6 nitrogen and oxygen atoms in total. The van der Waals surface area contributed by atoms with Crippen molar-refractivity contribution in [3.63, 3.8) is 0 Å². The number of imidazole rings is 2. The van der Waals surface area contributed by atoms with Crippen molar-refractivity contribution in [1.29, 1.82) is 0 Å². The third-order valence-electron chi connectivity index (χ3n) is 7.00. The van der Waals surface area contributed by atoms with Crippen LogP contribution in [-0.4, -0.2) is 33.0 Å². The summed E-state index contributed by atoms with van der Waals surface area (Å²) in [5.41, 5.74) is 8.95. The van der Waals surface area contributed by atoms with Crippen molar-refractivity contribution in [2.24, 2.45) is 0 Å². The summed E-state index contributed by atoms with van der Waals surface area (Å²) in [6.45, 7) is 2.54. The van der Waals surface area contributed by atoms with Crippen LogP contribution in [0.25, 0.3) is 44.5 Å². The highest BCUT2D eigenvalue weighted by Crippen LogP contribution is 2.29. The Morgan fingerprint density at radius 1 is 0.892 bits per heavy atom. The molecule has 0 aliphatic carbocycles. The lowest BCUT2D eigenvalue weighted by atomic mass is 9.99. The first-order chi connectivity index (χ1) is 18.3. The number of H-pyrrole nitrogens is 2. The maximum atomic E-state index is 5.31. The molecule has 0 saturated carbocycles. The number of nitrogens with one attached hydrogen (secondary N) is 4. The molecule has 1 aliphatic rings. The predicted molar refractivity (Wildman–Crippen MR) is 150 cm³/mol. The first-order valence-corrected chi connectivity index (χ1v) is 12.9. The van der Waals surface area contributed by atoms with Crippen molar-refractivity contribution in [2.75, 3.05) is 13.1 Å². The molecule has 6 heteroatoms. The molecule has 0 amide bonds. The quantitative estimate of drug-likeness (QED) is 0.164. The second kappa shape index (κ2) is 10.4. The molecule has 0 radical (unpaired) electrons. The average Bonchev–Trinajstić information content (AvgIpc) is 3.71. The minimum absolute atomic E-state index is 0.351. The van der Waals surface area contributed by atoms with Crippen LogP contribution in [0.2, 0.25) is 0 Å². The summed E-state index contributed by atoms with van der Waals surface area (Å²) in [7, 11) is 0. The highest BCUT2D eigenvalue weighted by molar-refractivity contribution is 5.82. The van der Waals surface area contributed by atoms with Crippen molar-refractivity contribution >= 4 is 11.0 Å². The zero-order chi connectivity index (χ0) is 25.0. The van der Waals surface area contributed by atoms with Crippen LogP contribution in [0.3, 0.4) is 0 Å². The molecule has 6 rings (SSSR count). The van der Waals surface area contributed by atoms with Crippen LogP contribution < -0.4 is 10.6 Å². The van der Waals surface area contributed by atoms with E-state index < -0.39 is 0 Å². The fourth-order valence-corrected chi connectivity index (χ4v) is 4.97. The summed E-state index contributed by atoms with van der Waals surface area (Å²) in [4.78, 5) is 16.2.